The Morgan fingerprint density at radius 2 is 1.56 bits per heavy atom. The van der Waals surface area contributed by atoms with Crippen molar-refractivity contribution in [1.29, 1.82) is 0 Å². The fourth-order valence-electron chi connectivity index (χ4n) is 1.70. The third kappa shape index (κ3) is 9.99. The van der Waals surface area contributed by atoms with Crippen LogP contribution in [0.3, 0.4) is 0 Å². The van der Waals surface area contributed by atoms with Crippen LogP contribution in [0.5, 0.6) is 0 Å². The largest absolute Gasteiger partial charge is 0.353 e. The summed E-state index contributed by atoms with van der Waals surface area (Å²) in [6.07, 6.45) is 1.11. The minimum Gasteiger partial charge on any atom is -0.353 e. The zero-order valence-corrected chi connectivity index (χ0v) is 14.2. The van der Waals surface area contributed by atoms with E-state index in [1.165, 1.54) is 0 Å². The first kappa shape index (κ1) is 18.0. The van der Waals surface area contributed by atoms with Gasteiger partial charge in [0.15, 0.2) is 6.29 Å². The van der Waals surface area contributed by atoms with Crippen LogP contribution in [0.4, 0.5) is 0 Å². The van der Waals surface area contributed by atoms with Gasteiger partial charge < -0.3 is 25.8 Å². The highest BCUT2D eigenvalue weighted by atomic mass is 28.1. The summed E-state index contributed by atoms with van der Waals surface area (Å²) in [7, 11) is 1.10. The molecule has 0 bridgehead atoms. The van der Waals surface area contributed by atoms with Crippen molar-refractivity contribution < 1.29 is 9.47 Å². The number of nitrogens with two attached hydrogens (primary N) is 1. The van der Waals surface area contributed by atoms with E-state index in [2.05, 4.69) is 10.6 Å². The SMILES string of the molecule is CCOC(OCC)C([SiH3])CCNCCNCCN. The van der Waals surface area contributed by atoms with Crippen LogP contribution >= 0.6 is 0 Å². The van der Waals surface area contributed by atoms with E-state index in [0.717, 1.165) is 56.1 Å². The molecule has 18 heavy (non-hydrogen) atoms. The molecule has 0 aliphatic carbocycles. The fourth-order valence-corrected chi connectivity index (χ4v) is 2.37. The quantitative estimate of drug-likeness (QED) is 0.230. The Morgan fingerprint density at radius 1 is 1.00 bits per heavy atom. The molecule has 0 fully saturated rings. The van der Waals surface area contributed by atoms with Crippen LogP contribution in [0.2, 0.25) is 5.54 Å². The monoisotopic (exact) mass is 277 g/mol. The van der Waals surface area contributed by atoms with Crippen molar-refractivity contribution in [3.05, 3.63) is 0 Å². The van der Waals surface area contributed by atoms with Gasteiger partial charge in [0.25, 0.3) is 0 Å². The van der Waals surface area contributed by atoms with Crippen LogP contribution in [-0.4, -0.2) is 62.5 Å². The number of nitrogens with one attached hydrogen (secondary N) is 2. The second-order valence-electron chi connectivity index (χ2n) is 4.33. The molecular formula is C12H31N3O2Si. The van der Waals surface area contributed by atoms with Gasteiger partial charge in [0.2, 0.25) is 0 Å². The molecule has 0 aromatic carbocycles. The molecular weight excluding hydrogens is 246 g/mol. The summed E-state index contributed by atoms with van der Waals surface area (Å²) < 4.78 is 11.2. The van der Waals surface area contributed by atoms with Crippen molar-refractivity contribution in [1.82, 2.24) is 10.6 Å². The lowest BCUT2D eigenvalue weighted by molar-refractivity contribution is -0.139. The lowest BCUT2D eigenvalue weighted by Crippen LogP contribution is -2.32. The number of hydrogen-bond acceptors (Lipinski definition) is 5. The maximum atomic E-state index is 5.61. The third-order valence-corrected chi connectivity index (χ3v) is 3.82. The average molecular weight is 277 g/mol. The molecule has 110 valence electrons. The van der Waals surface area contributed by atoms with E-state index < -0.39 is 0 Å². The van der Waals surface area contributed by atoms with Gasteiger partial charge in [-0.05, 0) is 32.4 Å². The Labute approximate surface area is 115 Å². The van der Waals surface area contributed by atoms with Crippen molar-refractivity contribution in [2.24, 2.45) is 5.73 Å². The van der Waals surface area contributed by atoms with E-state index in [1.807, 2.05) is 13.8 Å². The summed E-state index contributed by atoms with van der Waals surface area (Å²) >= 11 is 0. The summed E-state index contributed by atoms with van der Waals surface area (Å²) in [5.74, 6) is 0. The lowest BCUT2D eigenvalue weighted by Gasteiger charge is -2.23. The van der Waals surface area contributed by atoms with Gasteiger partial charge in [0.1, 0.15) is 0 Å². The maximum Gasteiger partial charge on any atom is 0.157 e. The average Bonchev–Trinajstić information content (AvgIpc) is 2.37. The predicted octanol–water partition coefficient (Wildman–Crippen LogP) is -0.933. The van der Waals surface area contributed by atoms with Gasteiger partial charge >= 0.3 is 0 Å². The highest BCUT2D eigenvalue weighted by Gasteiger charge is 2.16. The van der Waals surface area contributed by atoms with E-state index in [0.29, 0.717) is 12.1 Å². The van der Waals surface area contributed by atoms with Crippen LogP contribution in [0, 0.1) is 0 Å². The van der Waals surface area contributed by atoms with Gasteiger partial charge in [-0.2, -0.15) is 0 Å². The van der Waals surface area contributed by atoms with E-state index in [9.17, 15) is 0 Å². The van der Waals surface area contributed by atoms with Crippen molar-refractivity contribution >= 4 is 10.2 Å². The summed E-state index contributed by atoms with van der Waals surface area (Å²) in [6.45, 7) is 10.1. The van der Waals surface area contributed by atoms with Crippen molar-refractivity contribution in [3.8, 4) is 0 Å². The summed E-state index contributed by atoms with van der Waals surface area (Å²) in [5.41, 5.74) is 5.94. The van der Waals surface area contributed by atoms with Gasteiger partial charge in [-0.15, -0.1) is 0 Å². The van der Waals surface area contributed by atoms with Gasteiger partial charge in [-0.25, -0.2) is 0 Å². The Hall–Kier alpha value is 0.0169. The maximum absolute atomic E-state index is 5.61. The zero-order valence-electron chi connectivity index (χ0n) is 12.2. The molecule has 0 aromatic rings. The number of rotatable bonds is 13. The zero-order chi connectivity index (χ0) is 13.6. The van der Waals surface area contributed by atoms with Crippen LogP contribution < -0.4 is 16.4 Å². The van der Waals surface area contributed by atoms with Crippen molar-refractivity contribution in [2.75, 3.05) is 45.9 Å². The smallest absolute Gasteiger partial charge is 0.157 e. The molecule has 0 amide bonds. The Balaban J connectivity index is 3.51. The Kier molecular flexibility index (Phi) is 13.5. The molecule has 0 saturated carbocycles. The van der Waals surface area contributed by atoms with Crippen LogP contribution in [0.25, 0.3) is 0 Å². The number of ether oxygens (including phenoxy) is 2. The third-order valence-electron chi connectivity index (χ3n) is 2.70. The topological polar surface area (TPSA) is 68.5 Å². The molecule has 0 rings (SSSR count). The molecule has 1 atom stereocenters. The lowest BCUT2D eigenvalue weighted by atomic mass is 10.3. The molecule has 0 heterocycles. The molecule has 0 aliphatic rings. The van der Waals surface area contributed by atoms with Crippen molar-refractivity contribution in [3.63, 3.8) is 0 Å². The Morgan fingerprint density at radius 3 is 2.06 bits per heavy atom. The molecule has 6 heteroatoms. The predicted molar refractivity (Wildman–Crippen MR) is 80.1 cm³/mol. The molecule has 0 aliphatic heterocycles. The molecule has 5 nitrogen and oxygen atoms in total. The van der Waals surface area contributed by atoms with E-state index in [4.69, 9.17) is 15.2 Å². The highest BCUT2D eigenvalue weighted by Crippen LogP contribution is 2.15. The minimum atomic E-state index is -0.0103. The minimum absolute atomic E-state index is 0.0103. The van der Waals surface area contributed by atoms with E-state index >= 15 is 0 Å². The number of hydrogen-bond donors (Lipinski definition) is 3. The van der Waals surface area contributed by atoms with Crippen LogP contribution in [0.15, 0.2) is 0 Å². The first-order valence-corrected chi connectivity index (χ1v) is 8.26. The summed E-state index contributed by atoms with van der Waals surface area (Å²) in [4.78, 5) is 0. The molecule has 0 aromatic heterocycles. The summed E-state index contributed by atoms with van der Waals surface area (Å²) in [5, 5.41) is 6.68. The van der Waals surface area contributed by atoms with Gasteiger partial charge in [0.05, 0.1) is 0 Å². The Bertz CT molecular complexity index is 169. The molecule has 0 spiro atoms. The molecule has 0 radical (unpaired) electrons. The summed E-state index contributed by atoms with van der Waals surface area (Å²) in [6, 6.07) is 0. The standard InChI is InChI=1S/C12H31N3O2Si/c1-3-16-12(17-4-2)11(18)5-7-14-9-10-15-8-6-13/h11-12,14-15H,3-10,13H2,1-2,18H3. The second kappa shape index (κ2) is 13.4. The molecule has 1 unspecified atom stereocenters. The molecule has 4 N–H and O–H groups in total. The first-order chi connectivity index (χ1) is 8.76. The normalized spacial score (nSPS) is 13.3. The molecule has 0 saturated heterocycles. The van der Waals surface area contributed by atoms with E-state index in [-0.39, 0.29) is 6.29 Å². The van der Waals surface area contributed by atoms with Crippen LogP contribution in [-0.2, 0) is 9.47 Å². The first-order valence-electron chi connectivity index (χ1n) is 7.10. The fraction of sp³-hybridized carbons (Fsp3) is 1.00. The van der Waals surface area contributed by atoms with Gasteiger partial charge in [0, 0.05) is 49.6 Å². The highest BCUT2D eigenvalue weighted by molar-refractivity contribution is 6.11. The van der Waals surface area contributed by atoms with Crippen molar-refractivity contribution in [2.45, 2.75) is 32.1 Å². The van der Waals surface area contributed by atoms with Crippen LogP contribution in [0.1, 0.15) is 20.3 Å². The van der Waals surface area contributed by atoms with Gasteiger partial charge in [-0.1, -0.05) is 0 Å². The second-order valence-corrected chi connectivity index (χ2v) is 5.82. The van der Waals surface area contributed by atoms with E-state index in [1.54, 1.807) is 0 Å². The van der Waals surface area contributed by atoms with Gasteiger partial charge in [-0.3, -0.25) is 0 Å².